The highest BCUT2D eigenvalue weighted by molar-refractivity contribution is 5.16. The van der Waals surface area contributed by atoms with Crippen LogP contribution in [0.15, 0.2) is 30.3 Å². The van der Waals surface area contributed by atoms with Gasteiger partial charge in [0.25, 0.3) is 0 Å². The van der Waals surface area contributed by atoms with E-state index in [1.807, 2.05) is 37.4 Å². The first-order valence-electron chi connectivity index (χ1n) is 4.59. The Hall–Kier alpha value is -0.900. The molecule has 1 aromatic rings. The maximum atomic E-state index is 5.31. The largest absolute Gasteiger partial charge is 0.341 e. The molecule has 0 atom stereocenters. The van der Waals surface area contributed by atoms with E-state index in [1.54, 1.807) is 14.2 Å². The van der Waals surface area contributed by atoms with Crippen LogP contribution < -0.4 is 5.32 Å². The van der Waals surface area contributed by atoms with E-state index in [2.05, 4.69) is 5.32 Å². The Kier molecular flexibility index (Phi) is 4.07. The topological polar surface area (TPSA) is 30.5 Å². The zero-order chi connectivity index (χ0) is 10.4. The zero-order valence-corrected chi connectivity index (χ0v) is 8.91. The second-order valence-corrected chi connectivity index (χ2v) is 3.07. The van der Waals surface area contributed by atoms with Crippen molar-refractivity contribution in [2.24, 2.45) is 0 Å². The standard InChI is InChI=1S/C11H17NO2/c1-12-11(13-2,14-3)9-10-7-5-4-6-8-10/h4-8,12H,9H2,1-3H3. The van der Waals surface area contributed by atoms with Crippen LogP contribution >= 0.6 is 0 Å². The molecule has 1 aromatic carbocycles. The molecule has 0 aliphatic heterocycles. The molecule has 0 amide bonds. The second-order valence-electron chi connectivity index (χ2n) is 3.07. The predicted molar refractivity (Wildman–Crippen MR) is 56.0 cm³/mol. The molecule has 0 unspecified atom stereocenters. The third-order valence-electron chi connectivity index (χ3n) is 2.32. The Bertz CT molecular complexity index is 249. The summed E-state index contributed by atoms with van der Waals surface area (Å²) < 4.78 is 10.6. The molecular weight excluding hydrogens is 178 g/mol. The summed E-state index contributed by atoms with van der Waals surface area (Å²) in [5, 5.41) is 3.02. The third-order valence-corrected chi connectivity index (χ3v) is 2.32. The molecule has 1 N–H and O–H groups in total. The maximum absolute atomic E-state index is 5.31. The van der Waals surface area contributed by atoms with Crippen LogP contribution in [0, 0.1) is 0 Å². The van der Waals surface area contributed by atoms with E-state index in [0.29, 0.717) is 6.42 Å². The third kappa shape index (κ3) is 2.54. The van der Waals surface area contributed by atoms with Crippen LogP contribution in [0.5, 0.6) is 0 Å². The lowest BCUT2D eigenvalue weighted by molar-refractivity contribution is -0.223. The van der Waals surface area contributed by atoms with Crippen LogP contribution in [-0.4, -0.2) is 27.2 Å². The molecule has 0 saturated carbocycles. The molecule has 14 heavy (non-hydrogen) atoms. The number of hydrogen-bond acceptors (Lipinski definition) is 3. The Labute approximate surface area is 85.0 Å². The summed E-state index contributed by atoms with van der Waals surface area (Å²) in [7, 11) is 5.07. The number of methoxy groups -OCH3 is 2. The number of benzene rings is 1. The van der Waals surface area contributed by atoms with Crippen molar-refractivity contribution in [3.05, 3.63) is 35.9 Å². The van der Waals surface area contributed by atoms with Gasteiger partial charge < -0.3 is 9.47 Å². The van der Waals surface area contributed by atoms with Gasteiger partial charge in [-0.3, -0.25) is 5.32 Å². The molecule has 0 radical (unpaired) electrons. The molecule has 0 spiro atoms. The van der Waals surface area contributed by atoms with Crippen LogP contribution in [0.25, 0.3) is 0 Å². The van der Waals surface area contributed by atoms with Crippen molar-refractivity contribution in [3.8, 4) is 0 Å². The Balaban J connectivity index is 2.74. The van der Waals surface area contributed by atoms with E-state index >= 15 is 0 Å². The monoisotopic (exact) mass is 195 g/mol. The predicted octanol–water partition coefficient (Wildman–Crippen LogP) is 1.40. The van der Waals surface area contributed by atoms with Gasteiger partial charge in [0.05, 0.1) is 0 Å². The van der Waals surface area contributed by atoms with Gasteiger partial charge in [0, 0.05) is 20.6 Å². The van der Waals surface area contributed by atoms with E-state index < -0.39 is 5.91 Å². The Morgan fingerprint density at radius 3 is 2.14 bits per heavy atom. The number of rotatable bonds is 5. The van der Waals surface area contributed by atoms with Crippen molar-refractivity contribution < 1.29 is 9.47 Å². The summed E-state index contributed by atoms with van der Waals surface area (Å²) in [4.78, 5) is 0. The van der Waals surface area contributed by atoms with Gasteiger partial charge >= 0.3 is 0 Å². The van der Waals surface area contributed by atoms with E-state index in [0.717, 1.165) is 0 Å². The smallest absolute Gasteiger partial charge is 0.230 e. The van der Waals surface area contributed by atoms with E-state index in [9.17, 15) is 0 Å². The highest BCUT2D eigenvalue weighted by Gasteiger charge is 2.27. The van der Waals surface area contributed by atoms with Crippen molar-refractivity contribution in [2.75, 3.05) is 21.3 Å². The van der Waals surface area contributed by atoms with Gasteiger partial charge in [-0.25, -0.2) is 0 Å². The first-order chi connectivity index (χ1) is 6.76. The fraction of sp³-hybridized carbons (Fsp3) is 0.455. The van der Waals surface area contributed by atoms with Crippen LogP contribution in [0.1, 0.15) is 5.56 Å². The van der Waals surface area contributed by atoms with Gasteiger partial charge in [-0.15, -0.1) is 0 Å². The van der Waals surface area contributed by atoms with Crippen LogP contribution in [0.3, 0.4) is 0 Å². The molecule has 0 heterocycles. The Morgan fingerprint density at radius 2 is 1.71 bits per heavy atom. The minimum Gasteiger partial charge on any atom is -0.341 e. The SMILES string of the molecule is CNC(Cc1ccccc1)(OC)OC. The van der Waals surface area contributed by atoms with Gasteiger partial charge in [-0.1, -0.05) is 30.3 Å². The summed E-state index contributed by atoms with van der Waals surface area (Å²) in [5.74, 6) is -0.721. The molecule has 3 heteroatoms. The van der Waals surface area contributed by atoms with Crippen LogP contribution in [-0.2, 0) is 15.9 Å². The highest BCUT2D eigenvalue weighted by Crippen LogP contribution is 2.14. The van der Waals surface area contributed by atoms with Crippen molar-refractivity contribution in [3.63, 3.8) is 0 Å². The van der Waals surface area contributed by atoms with Crippen molar-refractivity contribution >= 4 is 0 Å². The summed E-state index contributed by atoms with van der Waals surface area (Å²) in [6.45, 7) is 0. The van der Waals surface area contributed by atoms with Crippen molar-refractivity contribution in [2.45, 2.75) is 12.3 Å². The molecule has 0 aromatic heterocycles. The van der Waals surface area contributed by atoms with Crippen LogP contribution in [0.4, 0.5) is 0 Å². The van der Waals surface area contributed by atoms with Gasteiger partial charge in [-0.2, -0.15) is 0 Å². The number of likely N-dealkylation sites (N-methyl/N-ethyl adjacent to an activating group) is 1. The fourth-order valence-corrected chi connectivity index (χ4v) is 1.38. The Morgan fingerprint density at radius 1 is 1.14 bits per heavy atom. The summed E-state index contributed by atoms with van der Waals surface area (Å²) >= 11 is 0. The van der Waals surface area contributed by atoms with Crippen molar-refractivity contribution in [1.29, 1.82) is 0 Å². The molecule has 0 saturated heterocycles. The first-order valence-corrected chi connectivity index (χ1v) is 4.59. The molecule has 0 bridgehead atoms. The average molecular weight is 195 g/mol. The number of nitrogens with one attached hydrogen (secondary N) is 1. The van der Waals surface area contributed by atoms with Gasteiger partial charge in [-0.05, 0) is 12.6 Å². The lowest BCUT2D eigenvalue weighted by Gasteiger charge is -2.30. The number of hydrogen-bond donors (Lipinski definition) is 1. The second kappa shape index (κ2) is 5.10. The number of ether oxygens (including phenoxy) is 2. The lowest BCUT2D eigenvalue weighted by Crippen LogP contribution is -2.48. The minimum absolute atomic E-state index is 0.678. The summed E-state index contributed by atoms with van der Waals surface area (Å²) in [5.41, 5.74) is 1.17. The lowest BCUT2D eigenvalue weighted by atomic mass is 10.1. The maximum Gasteiger partial charge on any atom is 0.230 e. The van der Waals surface area contributed by atoms with Gasteiger partial charge in [0.1, 0.15) is 0 Å². The summed E-state index contributed by atoms with van der Waals surface area (Å²) in [6, 6.07) is 10.1. The summed E-state index contributed by atoms with van der Waals surface area (Å²) in [6.07, 6.45) is 0.678. The van der Waals surface area contributed by atoms with E-state index in [4.69, 9.17) is 9.47 Å². The van der Waals surface area contributed by atoms with Gasteiger partial charge in [0.2, 0.25) is 5.91 Å². The van der Waals surface area contributed by atoms with E-state index in [-0.39, 0.29) is 0 Å². The zero-order valence-electron chi connectivity index (χ0n) is 8.91. The highest BCUT2D eigenvalue weighted by atomic mass is 16.7. The molecular formula is C11H17NO2. The molecule has 78 valence electrons. The normalized spacial score (nSPS) is 11.6. The van der Waals surface area contributed by atoms with Crippen molar-refractivity contribution in [1.82, 2.24) is 5.32 Å². The quantitative estimate of drug-likeness (QED) is 0.720. The molecule has 0 aliphatic rings. The average Bonchev–Trinajstić information content (AvgIpc) is 2.28. The van der Waals surface area contributed by atoms with Crippen LogP contribution in [0.2, 0.25) is 0 Å². The molecule has 3 nitrogen and oxygen atoms in total. The minimum atomic E-state index is -0.721. The van der Waals surface area contributed by atoms with E-state index in [1.165, 1.54) is 5.56 Å². The molecule has 0 aliphatic carbocycles. The first kappa shape index (κ1) is 11.2. The molecule has 1 rings (SSSR count). The fourth-order valence-electron chi connectivity index (χ4n) is 1.38. The van der Waals surface area contributed by atoms with Gasteiger partial charge in [0.15, 0.2) is 0 Å². The molecule has 0 fully saturated rings.